The number of hydrogen-bond acceptors (Lipinski definition) is 3. The highest BCUT2D eigenvalue weighted by molar-refractivity contribution is 5.85. The third-order valence-electron chi connectivity index (χ3n) is 2.91. The van der Waals surface area contributed by atoms with Crippen LogP contribution in [0.1, 0.15) is 17.5 Å². The smallest absolute Gasteiger partial charge is 0.224 e. The van der Waals surface area contributed by atoms with Crippen LogP contribution < -0.4 is 5.73 Å². The predicted octanol–water partition coefficient (Wildman–Crippen LogP) is 1.05. The molecule has 5 heteroatoms. The molecule has 0 aliphatic carbocycles. The van der Waals surface area contributed by atoms with Gasteiger partial charge in [-0.05, 0) is 29.7 Å². The van der Waals surface area contributed by atoms with E-state index >= 15 is 0 Å². The number of aromatic hydroxyl groups is 1. The van der Waals surface area contributed by atoms with Gasteiger partial charge in [-0.3, -0.25) is 4.79 Å². The van der Waals surface area contributed by atoms with Crippen molar-refractivity contribution in [3.05, 3.63) is 29.3 Å². The molecule has 1 heterocycles. The number of fused-ring (bicyclic) bond motifs is 1. The first-order valence-electron chi connectivity index (χ1n) is 5.49. The minimum Gasteiger partial charge on any atom is -0.508 e. The van der Waals surface area contributed by atoms with E-state index in [-0.39, 0.29) is 24.1 Å². The van der Waals surface area contributed by atoms with Gasteiger partial charge >= 0.3 is 0 Å². The summed E-state index contributed by atoms with van der Waals surface area (Å²) >= 11 is 0. The number of amides is 1. The summed E-state index contributed by atoms with van der Waals surface area (Å²) in [5, 5.41) is 9.39. The summed E-state index contributed by atoms with van der Waals surface area (Å²) in [7, 11) is 0. The Kier molecular flexibility index (Phi) is 4.78. The standard InChI is InChI=1S/C12H16N2O2.ClH/c13-5-3-12(16)14-6-4-9-1-2-11(15)7-10(9)8-14;/h1-2,7,15H,3-6,8,13H2;1H. The van der Waals surface area contributed by atoms with Crippen molar-refractivity contribution < 1.29 is 9.90 Å². The molecule has 0 atom stereocenters. The first kappa shape index (κ1) is 13.8. The molecule has 1 aromatic rings. The first-order chi connectivity index (χ1) is 7.70. The van der Waals surface area contributed by atoms with Gasteiger partial charge in [0.05, 0.1) is 0 Å². The van der Waals surface area contributed by atoms with Crippen LogP contribution in [-0.2, 0) is 17.8 Å². The Morgan fingerprint density at radius 1 is 1.41 bits per heavy atom. The Hall–Kier alpha value is -1.26. The second-order valence-electron chi connectivity index (χ2n) is 4.06. The second-order valence-corrected chi connectivity index (χ2v) is 4.06. The quantitative estimate of drug-likeness (QED) is 0.831. The Morgan fingerprint density at radius 2 is 2.18 bits per heavy atom. The highest BCUT2D eigenvalue weighted by Gasteiger charge is 2.19. The van der Waals surface area contributed by atoms with Crippen molar-refractivity contribution in [1.82, 2.24) is 4.90 Å². The monoisotopic (exact) mass is 256 g/mol. The van der Waals surface area contributed by atoms with Crippen LogP contribution in [0.5, 0.6) is 5.75 Å². The van der Waals surface area contributed by atoms with Crippen LogP contribution in [0, 0.1) is 0 Å². The Labute approximate surface area is 107 Å². The summed E-state index contributed by atoms with van der Waals surface area (Å²) in [6.07, 6.45) is 1.25. The van der Waals surface area contributed by atoms with Gasteiger partial charge < -0.3 is 15.7 Å². The van der Waals surface area contributed by atoms with Crippen LogP contribution >= 0.6 is 12.4 Å². The van der Waals surface area contributed by atoms with E-state index < -0.39 is 0 Å². The van der Waals surface area contributed by atoms with Gasteiger partial charge in [-0.1, -0.05) is 6.07 Å². The molecular weight excluding hydrogens is 240 g/mol. The SMILES string of the molecule is Cl.NCCC(=O)N1CCc2ccc(O)cc2C1. The number of halogens is 1. The van der Waals surface area contributed by atoms with E-state index in [0.29, 0.717) is 19.5 Å². The van der Waals surface area contributed by atoms with E-state index in [9.17, 15) is 9.90 Å². The van der Waals surface area contributed by atoms with Crippen molar-refractivity contribution in [2.24, 2.45) is 5.73 Å². The van der Waals surface area contributed by atoms with E-state index in [2.05, 4.69) is 0 Å². The van der Waals surface area contributed by atoms with Crippen molar-refractivity contribution in [2.45, 2.75) is 19.4 Å². The molecule has 0 unspecified atom stereocenters. The molecule has 0 saturated carbocycles. The van der Waals surface area contributed by atoms with Crippen LogP contribution in [0.2, 0.25) is 0 Å². The molecule has 1 aliphatic rings. The summed E-state index contributed by atoms with van der Waals surface area (Å²) < 4.78 is 0. The zero-order chi connectivity index (χ0) is 11.5. The molecule has 1 amide bonds. The maximum Gasteiger partial charge on any atom is 0.224 e. The van der Waals surface area contributed by atoms with Gasteiger partial charge in [-0.2, -0.15) is 0 Å². The molecule has 1 aromatic carbocycles. The van der Waals surface area contributed by atoms with Gasteiger partial charge in [0.15, 0.2) is 0 Å². The Bertz CT molecular complexity index is 409. The fourth-order valence-electron chi connectivity index (χ4n) is 2.04. The minimum atomic E-state index is 0. The topological polar surface area (TPSA) is 66.6 Å². The summed E-state index contributed by atoms with van der Waals surface area (Å²) in [6.45, 7) is 1.72. The minimum absolute atomic E-state index is 0. The molecule has 3 N–H and O–H groups in total. The number of carbonyl (C=O) groups excluding carboxylic acids is 1. The van der Waals surface area contributed by atoms with Crippen LogP contribution in [-0.4, -0.2) is 29.0 Å². The molecule has 0 spiro atoms. The summed E-state index contributed by atoms with van der Waals surface area (Å²) in [4.78, 5) is 13.5. The predicted molar refractivity (Wildman–Crippen MR) is 68.1 cm³/mol. The number of nitrogens with two attached hydrogens (primary N) is 1. The van der Waals surface area contributed by atoms with Gasteiger partial charge in [0, 0.05) is 26.1 Å². The van der Waals surface area contributed by atoms with Crippen molar-refractivity contribution in [2.75, 3.05) is 13.1 Å². The van der Waals surface area contributed by atoms with Crippen molar-refractivity contribution in [3.8, 4) is 5.75 Å². The molecule has 94 valence electrons. The lowest BCUT2D eigenvalue weighted by Crippen LogP contribution is -2.36. The lowest BCUT2D eigenvalue weighted by Gasteiger charge is -2.28. The van der Waals surface area contributed by atoms with Gasteiger partial charge in [-0.25, -0.2) is 0 Å². The van der Waals surface area contributed by atoms with Crippen LogP contribution in [0.4, 0.5) is 0 Å². The van der Waals surface area contributed by atoms with E-state index in [1.165, 1.54) is 5.56 Å². The molecule has 0 fully saturated rings. The van der Waals surface area contributed by atoms with Gasteiger partial charge in [0.1, 0.15) is 5.75 Å². The van der Waals surface area contributed by atoms with Gasteiger partial charge in [-0.15, -0.1) is 12.4 Å². The molecule has 17 heavy (non-hydrogen) atoms. The number of rotatable bonds is 2. The summed E-state index contributed by atoms with van der Waals surface area (Å²) in [6, 6.07) is 5.35. The van der Waals surface area contributed by atoms with Crippen molar-refractivity contribution in [1.29, 1.82) is 0 Å². The average molecular weight is 257 g/mol. The molecule has 1 aliphatic heterocycles. The first-order valence-corrected chi connectivity index (χ1v) is 5.49. The fourth-order valence-corrected chi connectivity index (χ4v) is 2.04. The van der Waals surface area contributed by atoms with Gasteiger partial charge in [0.25, 0.3) is 0 Å². The molecule has 2 rings (SSSR count). The fraction of sp³-hybridized carbons (Fsp3) is 0.417. The number of hydrogen-bond donors (Lipinski definition) is 2. The van der Waals surface area contributed by atoms with Crippen molar-refractivity contribution >= 4 is 18.3 Å². The highest BCUT2D eigenvalue weighted by Crippen LogP contribution is 2.23. The highest BCUT2D eigenvalue weighted by atomic mass is 35.5. The van der Waals surface area contributed by atoms with E-state index in [1.807, 2.05) is 6.07 Å². The molecule has 0 radical (unpaired) electrons. The number of phenolic OH excluding ortho intramolecular Hbond substituents is 1. The van der Waals surface area contributed by atoms with E-state index in [1.54, 1.807) is 17.0 Å². The third-order valence-corrected chi connectivity index (χ3v) is 2.91. The summed E-state index contributed by atoms with van der Waals surface area (Å²) in [5.41, 5.74) is 7.62. The van der Waals surface area contributed by atoms with E-state index in [0.717, 1.165) is 18.5 Å². The zero-order valence-corrected chi connectivity index (χ0v) is 10.4. The number of benzene rings is 1. The maximum atomic E-state index is 11.7. The van der Waals surface area contributed by atoms with Gasteiger partial charge in [0.2, 0.25) is 5.91 Å². The molecular formula is C12H17ClN2O2. The maximum absolute atomic E-state index is 11.7. The second kappa shape index (κ2) is 5.89. The molecule has 0 bridgehead atoms. The van der Waals surface area contributed by atoms with Crippen molar-refractivity contribution in [3.63, 3.8) is 0 Å². The number of phenols is 1. The Balaban J connectivity index is 0.00000144. The van der Waals surface area contributed by atoms with Crippen LogP contribution in [0.25, 0.3) is 0 Å². The van der Waals surface area contributed by atoms with Crippen LogP contribution in [0.3, 0.4) is 0 Å². The normalized spacial score (nSPS) is 13.8. The largest absolute Gasteiger partial charge is 0.508 e. The lowest BCUT2D eigenvalue weighted by atomic mass is 9.99. The third kappa shape index (κ3) is 3.11. The molecule has 0 aromatic heterocycles. The molecule has 4 nitrogen and oxygen atoms in total. The number of nitrogens with zero attached hydrogens (tertiary/aromatic N) is 1. The molecule has 0 saturated heterocycles. The average Bonchev–Trinajstić information content (AvgIpc) is 2.28. The Morgan fingerprint density at radius 3 is 2.88 bits per heavy atom. The lowest BCUT2D eigenvalue weighted by molar-refractivity contribution is -0.131. The van der Waals surface area contributed by atoms with E-state index in [4.69, 9.17) is 5.73 Å². The number of carbonyl (C=O) groups is 1. The zero-order valence-electron chi connectivity index (χ0n) is 9.56. The van der Waals surface area contributed by atoms with Crippen LogP contribution in [0.15, 0.2) is 18.2 Å². The summed E-state index contributed by atoms with van der Waals surface area (Å²) in [5.74, 6) is 0.350.